The second-order valence-corrected chi connectivity index (χ2v) is 8.91. The molecule has 1 amide bonds. The first-order valence-electron chi connectivity index (χ1n) is 12.1. The highest BCUT2D eigenvalue weighted by molar-refractivity contribution is 6.13. The van der Waals surface area contributed by atoms with Crippen LogP contribution in [0.4, 0.5) is 10.1 Å². The summed E-state index contributed by atoms with van der Waals surface area (Å²) in [5, 5.41) is 3.66. The summed E-state index contributed by atoms with van der Waals surface area (Å²) in [6.07, 6.45) is 2.92. The van der Waals surface area contributed by atoms with Gasteiger partial charge in [0.2, 0.25) is 0 Å². The standard InChI is InChI=1S/C30H29FN2O3/c1-4-5-6-15-36-30(35)22-9-13-24(14-10-22)32-29(34)26-18-27(21-7-11-23(31)12-8-21)33-28-20(3)16-19(2)17-25(26)28/h7-14,16-18H,4-6,15H2,1-3H3,(H,32,34). The monoisotopic (exact) mass is 484 g/mol. The number of halogens is 1. The van der Waals surface area contributed by atoms with Gasteiger partial charge in [-0.05, 0) is 86.5 Å². The highest BCUT2D eigenvalue weighted by atomic mass is 19.1. The molecule has 184 valence electrons. The summed E-state index contributed by atoms with van der Waals surface area (Å²) in [5.74, 6) is -1.01. The molecule has 0 atom stereocenters. The number of pyridine rings is 1. The fourth-order valence-electron chi connectivity index (χ4n) is 4.13. The zero-order valence-corrected chi connectivity index (χ0v) is 20.7. The molecular weight excluding hydrogens is 455 g/mol. The van der Waals surface area contributed by atoms with Crippen LogP contribution in [0.5, 0.6) is 0 Å². The summed E-state index contributed by atoms with van der Waals surface area (Å²) in [5.41, 5.74) is 5.44. The van der Waals surface area contributed by atoms with E-state index in [0.29, 0.717) is 40.2 Å². The van der Waals surface area contributed by atoms with E-state index in [1.165, 1.54) is 12.1 Å². The number of unbranched alkanes of at least 4 members (excludes halogenated alkanes) is 2. The number of amides is 1. The van der Waals surface area contributed by atoms with E-state index in [1.807, 2.05) is 26.0 Å². The van der Waals surface area contributed by atoms with E-state index >= 15 is 0 Å². The molecule has 0 fully saturated rings. The Hall–Kier alpha value is -4.06. The molecule has 0 aliphatic rings. The molecule has 0 saturated carbocycles. The van der Waals surface area contributed by atoms with Gasteiger partial charge in [0.25, 0.3) is 5.91 Å². The van der Waals surface area contributed by atoms with Gasteiger partial charge < -0.3 is 10.1 Å². The van der Waals surface area contributed by atoms with Gasteiger partial charge in [0.05, 0.1) is 28.9 Å². The molecule has 3 aromatic carbocycles. The average Bonchev–Trinajstić information content (AvgIpc) is 2.87. The van der Waals surface area contributed by atoms with Gasteiger partial charge in [-0.25, -0.2) is 14.2 Å². The van der Waals surface area contributed by atoms with E-state index in [1.54, 1.807) is 42.5 Å². The largest absolute Gasteiger partial charge is 0.462 e. The third-order valence-electron chi connectivity index (χ3n) is 5.99. The van der Waals surface area contributed by atoms with Crippen molar-refractivity contribution in [3.05, 3.63) is 94.8 Å². The van der Waals surface area contributed by atoms with E-state index in [9.17, 15) is 14.0 Å². The van der Waals surface area contributed by atoms with Gasteiger partial charge in [-0.15, -0.1) is 0 Å². The molecule has 0 aliphatic heterocycles. The number of anilines is 1. The molecule has 0 radical (unpaired) electrons. The Bertz CT molecular complexity index is 1400. The van der Waals surface area contributed by atoms with Crippen molar-refractivity contribution in [2.45, 2.75) is 40.0 Å². The van der Waals surface area contributed by atoms with Crippen LogP contribution in [0.25, 0.3) is 22.2 Å². The molecule has 0 saturated heterocycles. The number of esters is 1. The number of carbonyl (C=O) groups is 2. The maximum Gasteiger partial charge on any atom is 0.338 e. The van der Waals surface area contributed by atoms with Gasteiger partial charge in [-0.1, -0.05) is 31.4 Å². The van der Waals surface area contributed by atoms with E-state index < -0.39 is 0 Å². The number of ether oxygens (including phenoxy) is 1. The van der Waals surface area contributed by atoms with Crippen LogP contribution < -0.4 is 5.32 Å². The molecule has 4 aromatic rings. The van der Waals surface area contributed by atoms with Crippen LogP contribution in [0.15, 0.2) is 66.7 Å². The summed E-state index contributed by atoms with van der Waals surface area (Å²) in [4.78, 5) is 30.4. The lowest BCUT2D eigenvalue weighted by molar-refractivity contribution is 0.0498. The minimum Gasteiger partial charge on any atom is -0.462 e. The van der Waals surface area contributed by atoms with Crippen LogP contribution >= 0.6 is 0 Å². The number of nitrogens with one attached hydrogen (secondary N) is 1. The lowest BCUT2D eigenvalue weighted by Gasteiger charge is -2.13. The Morgan fingerprint density at radius 2 is 1.67 bits per heavy atom. The van der Waals surface area contributed by atoms with E-state index in [4.69, 9.17) is 9.72 Å². The molecule has 5 nitrogen and oxygen atoms in total. The van der Waals surface area contributed by atoms with Crippen LogP contribution in [0.2, 0.25) is 0 Å². The van der Waals surface area contributed by atoms with Gasteiger partial charge in [0, 0.05) is 16.6 Å². The van der Waals surface area contributed by atoms with Crippen molar-refractivity contribution in [1.82, 2.24) is 4.98 Å². The first-order valence-corrected chi connectivity index (χ1v) is 12.1. The molecule has 0 bridgehead atoms. The van der Waals surface area contributed by atoms with Crippen molar-refractivity contribution >= 4 is 28.5 Å². The summed E-state index contributed by atoms with van der Waals surface area (Å²) < 4.78 is 18.8. The molecule has 0 unspecified atom stereocenters. The minimum atomic E-state index is -0.376. The summed E-state index contributed by atoms with van der Waals surface area (Å²) in [6.45, 7) is 6.42. The van der Waals surface area contributed by atoms with Crippen LogP contribution in [-0.2, 0) is 4.74 Å². The van der Waals surface area contributed by atoms with Crippen LogP contribution in [0.1, 0.15) is 58.0 Å². The predicted octanol–water partition coefficient (Wildman–Crippen LogP) is 7.26. The number of carbonyl (C=O) groups excluding carboxylic acids is 2. The molecule has 1 aromatic heterocycles. The van der Waals surface area contributed by atoms with Crippen LogP contribution in [-0.4, -0.2) is 23.5 Å². The molecule has 36 heavy (non-hydrogen) atoms. The Balaban J connectivity index is 1.61. The van der Waals surface area contributed by atoms with Gasteiger partial charge in [0.15, 0.2) is 0 Å². The van der Waals surface area contributed by atoms with Crippen molar-refractivity contribution in [1.29, 1.82) is 0 Å². The van der Waals surface area contributed by atoms with Crippen molar-refractivity contribution in [3.63, 3.8) is 0 Å². The second kappa shape index (κ2) is 11.1. The molecule has 0 aliphatic carbocycles. The smallest absolute Gasteiger partial charge is 0.338 e. The lowest BCUT2D eigenvalue weighted by Crippen LogP contribution is -2.14. The predicted molar refractivity (Wildman–Crippen MR) is 141 cm³/mol. The highest BCUT2D eigenvalue weighted by Gasteiger charge is 2.17. The van der Waals surface area contributed by atoms with Gasteiger partial charge >= 0.3 is 5.97 Å². The Morgan fingerprint density at radius 1 is 0.944 bits per heavy atom. The van der Waals surface area contributed by atoms with Crippen molar-refractivity contribution in [2.24, 2.45) is 0 Å². The fraction of sp³-hybridized carbons (Fsp3) is 0.233. The zero-order valence-electron chi connectivity index (χ0n) is 20.7. The number of hydrogen-bond donors (Lipinski definition) is 1. The van der Waals surface area contributed by atoms with Gasteiger partial charge in [0.1, 0.15) is 5.82 Å². The molecular formula is C30H29FN2O3. The number of benzene rings is 3. The average molecular weight is 485 g/mol. The summed E-state index contributed by atoms with van der Waals surface area (Å²) >= 11 is 0. The summed E-state index contributed by atoms with van der Waals surface area (Å²) in [6, 6.07) is 18.4. The molecule has 6 heteroatoms. The normalized spacial score (nSPS) is 10.9. The lowest BCUT2D eigenvalue weighted by atomic mass is 9.99. The van der Waals surface area contributed by atoms with Crippen LogP contribution in [0.3, 0.4) is 0 Å². The maximum atomic E-state index is 13.5. The number of aromatic nitrogens is 1. The van der Waals surface area contributed by atoms with Gasteiger partial charge in [-0.3, -0.25) is 4.79 Å². The third-order valence-corrected chi connectivity index (χ3v) is 5.99. The fourth-order valence-corrected chi connectivity index (χ4v) is 4.13. The quantitative estimate of drug-likeness (QED) is 0.211. The van der Waals surface area contributed by atoms with E-state index in [0.717, 1.165) is 35.8 Å². The topological polar surface area (TPSA) is 68.3 Å². The first-order chi connectivity index (χ1) is 17.4. The first kappa shape index (κ1) is 25.0. The van der Waals surface area contributed by atoms with Crippen LogP contribution in [0, 0.1) is 19.7 Å². The van der Waals surface area contributed by atoms with Crippen molar-refractivity contribution in [3.8, 4) is 11.3 Å². The van der Waals surface area contributed by atoms with Crippen molar-refractivity contribution < 1.29 is 18.7 Å². The number of nitrogens with zero attached hydrogens (tertiary/aromatic N) is 1. The number of fused-ring (bicyclic) bond motifs is 1. The molecule has 1 N–H and O–H groups in total. The zero-order chi connectivity index (χ0) is 25.7. The molecule has 4 rings (SSSR count). The molecule has 0 spiro atoms. The highest BCUT2D eigenvalue weighted by Crippen LogP contribution is 2.29. The SMILES string of the molecule is CCCCCOC(=O)c1ccc(NC(=O)c2cc(-c3ccc(F)cc3)nc3c(C)cc(C)cc23)cc1. The maximum absolute atomic E-state index is 13.5. The van der Waals surface area contributed by atoms with Gasteiger partial charge in [-0.2, -0.15) is 0 Å². The molecule has 1 heterocycles. The number of hydrogen-bond acceptors (Lipinski definition) is 4. The van der Waals surface area contributed by atoms with Crippen molar-refractivity contribution in [2.75, 3.05) is 11.9 Å². The van der Waals surface area contributed by atoms with E-state index in [2.05, 4.69) is 12.2 Å². The number of rotatable bonds is 8. The Kier molecular flexibility index (Phi) is 7.74. The summed E-state index contributed by atoms with van der Waals surface area (Å²) in [7, 11) is 0. The second-order valence-electron chi connectivity index (χ2n) is 8.91. The Labute approximate surface area is 210 Å². The van der Waals surface area contributed by atoms with E-state index in [-0.39, 0.29) is 17.7 Å². The Morgan fingerprint density at radius 3 is 2.36 bits per heavy atom. The third kappa shape index (κ3) is 5.77. The minimum absolute atomic E-state index is 0.300. The number of aryl methyl sites for hydroxylation is 2.